The Kier molecular flexibility index (Phi) is 3.27. The van der Waals surface area contributed by atoms with Crippen molar-refractivity contribution < 1.29 is 14.3 Å². The Bertz CT molecular complexity index is 841. The second kappa shape index (κ2) is 5.51. The fourth-order valence-electron chi connectivity index (χ4n) is 4.09. The average molecular weight is 335 g/mol. The third kappa shape index (κ3) is 2.31. The van der Waals surface area contributed by atoms with Crippen molar-refractivity contribution in [2.75, 3.05) is 24.7 Å². The summed E-state index contributed by atoms with van der Waals surface area (Å²) in [5.41, 5.74) is 3.03. The molecule has 2 heterocycles. The lowest BCUT2D eigenvalue weighted by Gasteiger charge is -2.33. The van der Waals surface area contributed by atoms with Gasteiger partial charge < -0.3 is 14.4 Å². The van der Waals surface area contributed by atoms with Crippen molar-refractivity contribution in [1.29, 1.82) is 0 Å². The Balaban J connectivity index is 1.50. The zero-order valence-electron chi connectivity index (χ0n) is 14.2. The number of amides is 1. The molecule has 0 radical (unpaired) electrons. The van der Waals surface area contributed by atoms with Crippen LogP contribution in [0.25, 0.3) is 0 Å². The number of rotatable bonds is 2. The minimum Gasteiger partial charge on any atom is -0.486 e. The van der Waals surface area contributed by atoms with Gasteiger partial charge in [-0.3, -0.25) is 4.79 Å². The minimum absolute atomic E-state index is 0.233. The molecule has 1 fully saturated rings. The first-order valence-corrected chi connectivity index (χ1v) is 9.08. The van der Waals surface area contributed by atoms with Gasteiger partial charge in [0.15, 0.2) is 11.5 Å². The summed E-state index contributed by atoms with van der Waals surface area (Å²) in [4.78, 5) is 15.5. The molecule has 0 unspecified atom stereocenters. The lowest BCUT2D eigenvalue weighted by atomic mass is 9.91. The molecule has 5 rings (SSSR count). The first-order valence-electron chi connectivity index (χ1n) is 9.08. The van der Waals surface area contributed by atoms with Crippen LogP contribution in [-0.4, -0.2) is 25.7 Å². The van der Waals surface area contributed by atoms with E-state index in [4.69, 9.17) is 9.47 Å². The summed E-state index contributed by atoms with van der Waals surface area (Å²) in [5, 5.41) is 0. The van der Waals surface area contributed by atoms with Crippen molar-refractivity contribution in [1.82, 2.24) is 0 Å². The number of carbonyl (C=O) groups excluding carboxylic acids is 1. The number of benzene rings is 2. The van der Waals surface area contributed by atoms with Crippen LogP contribution in [0.3, 0.4) is 0 Å². The lowest BCUT2D eigenvalue weighted by molar-refractivity contribution is -0.121. The van der Waals surface area contributed by atoms with Gasteiger partial charge in [0.2, 0.25) is 5.91 Å². The van der Waals surface area contributed by atoms with Crippen molar-refractivity contribution in [2.45, 2.75) is 31.1 Å². The van der Waals surface area contributed by atoms with Crippen LogP contribution >= 0.6 is 0 Å². The van der Waals surface area contributed by atoms with Crippen LogP contribution in [0.2, 0.25) is 0 Å². The van der Waals surface area contributed by atoms with E-state index in [0.717, 1.165) is 55.0 Å². The molecule has 3 aliphatic rings. The van der Waals surface area contributed by atoms with E-state index in [0.29, 0.717) is 13.2 Å². The number of para-hydroxylation sites is 1. The molecule has 0 aromatic heterocycles. The summed E-state index contributed by atoms with van der Waals surface area (Å²) in [6.07, 6.45) is 3.89. The zero-order valence-corrected chi connectivity index (χ0v) is 14.2. The molecule has 1 amide bonds. The normalized spacial score (nSPS) is 19.9. The van der Waals surface area contributed by atoms with Crippen molar-refractivity contribution >= 4 is 11.6 Å². The van der Waals surface area contributed by atoms with Crippen LogP contribution in [0, 0.1) is 0 Å². The molecule has 128 valence electrons. The maximum absolute atomic E-state index is 13.5. The second-order valence-corrected chi connectivity index (χ2v) is 7.13. The van der Waals surface area contributed by atoms with E-state index in [1.807, 2.05) is 29.2 Å². The molecule has 2 aliphatic heterocycles. The fourth-order valence-corrected chi connectivity index (χ4v) is 4.09. The average Bonchev–Trinajstić information content (AvgIpc) is 3.48. The molecule has 0 saturated heterocycles. The van der Waals surface area contributed by atoms with Gasteiger partial charge in [0.05, 0.1) is 5.41 Å². The van der Waals surface area contributed by atoms with Gasteiger partial charge in [0.1, 0.15) is 13.2 Å². The van der Waals surface area contributed by atoms with Crippen LogP contribution in [0.15, 0.2) is 42.5 Å². The van der Waals surface area contributed by atoms with E-state index in [1.54, 1.807) is 0 Å². The molecule has 0 bridgehead atoms. The number of carbonyl (C=O) groups is 1. The van der Waals surface area contributed by atoms with E-state index in [9.17, 15) is 4.79 Å². The Morgan fingerprint density at radius 1 is 1.00 bits per heavy atom. The first-order chi connectivity index (χ1) is 12.3. The molecular formula is C21H21NO3. The van der Waals surface area contributed by atoms with E-state index in [-0.39, 0.29) is 11.3 Å². The third-order valence-corrected chi connectivity index (χ3v) is 5.61. The highest BCUT2D eigenvalue weighted by molar-refractivity contribution is 6.04. The maximum atomic E-state index is 13.5. The summed E-state index contributed by atoms with van der Waals surface area (Å²) in [7, 11) is 0. The van der Waals surface area contributed by atoms with Crippen LogP contribution in [0.1, 0.15) is 30.4 Å². The Morgan fingerprint density at radius 2 is 1.80 bits per heavy atom. The van der Waals surface area contributed by atoms with E-state index in [2.05, 4.69) is 18.2 Å². The van der Waals surface area contributed by atoms with Gasteiger partial charge in [-0.2, -0.15) is 0 Å². The van der Waals surface area contributed by atoms with Crippen LogP contribution in [0.4, 0.5) is 5.69 Å². The van der Waals surface area contributed by atoms with Crippen molar-refractivity contribution in [3.8, 4) is 11.5 Å². The van der Waals surface area contributed by atoms with Gasteiger partial charge in [-0.15, -0.1) is 0 Å². The van der Waals surface area contributed by atoms with Gasteiger partial charge >= 0.3 is 0 Å². The molecule has 4 heteroatoms. The summed E-state index contributed by atoms with van der Waals surface area (Å²) >= 11 is 0. The molecule has 1 aliphatic carbocycles. The first kappa shape index (κ1) is 14.8. The number of hydrogen-bond donors (Lipinski definition) is 0. The minimum atomic E-state index is -0.389. The lowest BCUT2D eigenvalue weighted by Crippen LogP contribution is -2.42. The van der Waals surface area contributed by atoms with Crippen LogP contribution in [0.5, 0.6) is 11.5 Å². The summed E-state index contributed by atoms with van der Waals surface area (Å²) in [6, 6.07) is 14.3. The number of fused-ring (bicyclic) bond motifs is 2. The summed E-state index contributed by atoms with van der Waals surface area (Å²) in [5.74, 6) is 1.78. The maximum Gasteiger partial charge on any atom is 0.237 e. The smallest absolute Gasteiger partial charge is 0.237 e. The SMILES string of the molecule is O=C(N1CCCc2ccccc21)C1(c2ccc3c(c2)OCCO3)CC1. The van der Waals surface area contributed by atoms with E-state index in [1.165, 1.54) is 5.56 Å². The Morgan fingerprint density at radius 3 is 2.64 bits per heavy atom. The molecular weight excluding hydrogens is 314 g/mol. The van der Waals surface area contributed by atoms with Crippen molar-refractivity contribution in [3.63, 3.8) is 0 Å². The van der Waals surface area contributed by atoms with Gasteiger partial charge in [-0.25, -0.2) is 0 Å². The summed E-state index contributed by atoms with van der Waals surface area (Å²) in [6.45, 7) is 1.96. The standard InChI is InChI=1S/C21H21NO3/c23-20(22-11-3-5-15-4-1-2-6-17(15)22)21(9-10-21)16-7-8-18-19(14-16)25-13-12-24-18/h1-2,4,6-8,14H,3,5,9-13H2. The van der Waals surface area contributed by atoms with Gasteiger partial charge in [0, 0.05) is 12.2 Å². The van der Waals surface area contributed by atoms with E-state index >= 15 is 0 Å². The van der Waals surface area contributed by atoms with Crippen molar-refractivity contribution in [3.05, 3.63) is 53.6 Å². The molecule has 1 saturated carbocycles. The van der Waals surface area contributed by atoms with Crippen LogP contribution < -0.4 is 14.4 Å². The van der Waals surface area contributed by atoms with Gasteiger partial charge in [-0.1, -0.05) is 24.3 Å². The quantitative estimate of drug-likeness (QED) is 0.843. The number of aryl methyl sites for hydroxylation is 1. The number of ether oxygens (including phenoxy) is 2. The molecule has 4 nitrogen and oxygen atoms in total. The molecule has 0 N–H and O–H groups in total. The molecule has 0 atom stereocenters. The number of hydrogen-bond acceptors (Lipinski definition) is 3. The topological polar surface area (TPSA) is 38.8 Å². The highest BCUT2D eigenvalue weighted by Gasteiger charge is 2.53. The monoisotopic (exact) mass is 335 g/mol. The molecule has 25 heavy (non-hydrogen) atoms. The Labute approximate surface area is 147 Å². The number of nitrogens with zero attached hydrogens (tertiary/aromatic N) is 1. The Hall–Kier alpha value is -2.49. The fraction of sp³-hybridized carbons (Fsp3) is 0.381. The van der Waals surface area contributed by atoms with Gasteiger partial charge in [-0.05, 0) is 55.0 Å². The third-order valence-electron chi connectivity index (χ3n) is 5.61. The highest BCUT2D eigenvalue weighted by atomic mass is 16.6. The van der Waals surface area contributed by atoms with Crippen LogP contribution in [-0.2, 0) is 16.6 Å². The molecule has 0 spiro atoms. The largest absolute Gasteiger partial charge is 0.486 e. The predicted octanol–water partition coefficient (Wildman–Crippen LogP) is 3.47. The summed E-state index contributed by atoms with van der Waals surface area (Å²) < 4.78 is 11.3. The van der Waals surface area contributed by atoms with Crippen molar-refractivity contribution in [2.24, 2.45) is 0 Å². The highest BCUT2D eigenvalue weighted by Crippen LogP contribution is 2.52. The second-order valence-electron chi connectivity index (χ2n) is 7.13. The van der Waals surface area contributed by atoms with Gasteiger partial charge in [0.25, 0.3) is 0 Å². The van der Waals surface area contributed by atoms with E-state index < -0.39 is 0 Å². The molecule has 2 aromatic rings. The predicted molar refractivity (Wildman–Crippen MR) is 95.5 cm³/mol. The number of anilines is 1. The molecule has 2 aromatic carbocycles. The zero-order chi connectivity index (χ0) is 16.9.